The van der Waals surface area contributed by atoms with Crippen molar-refractivity contribution in [3.63, 3.8) is 0 Å². The molecule has 4 nitrogen and oxygen atoms in total. The van der Waals surface area contributed by atoms with Crippen molar-refractivity contribution in [2.24, 2.45) is 0 Å². The highest BCUT2D eigenvalue weighted by Crippen LogP contribution is 2.18. The van der Waals surface area contributed by atoms with Crippen LogP contribution in [-0.2, 0) is 0 Å². The summed E-state index contributed by atoms with van der Waals surface area (Å²) >= 11 is 5.90. The Morgan fingerprint density at radius 2 is 1.68 bits per heavy atom. The van der Waals surface area contributed by atoms with Crippen LogP contribution >= 0.6 is 11.6 Å². The van der Waals surface area contributed by atoms with Crippen LogP contribution in [0.15, 0.2) is 48.5 Å². The third-order valence-electron chi connectivity index (χ3n) is 3.71. The summed E-state index contributed by atoms with van der Waals surface area (Å²) in [6.45, 7) is 2.94. The predicted molar refractivity (Wildman–Crippen MR) is 105 cm³/mol. The third-order valence-corrected chi connectivity index (χ3v) is 3.95. The van der Waals surface area contributed by atoms with Gasteiger partial charge in [-0.15, -0.1) is 0 Å². The molecule has 2 aromatic rings. The smallest absolute Gasteiger partial charge is 0.323 e. The first-order chi connectivity index (χ1) is 12.2. The minimum absolute atomic E-state index is 0.313. The lowest BCUT2D eigenvalue weighted by Gasteiger charge is -2.09. The van der Waals surface area contributed by atoms with Gasteiger partial charge in [-0.1, -0.05) is 50.3 Å². The molecule has 0 aliphatic carbocycles. The molecule has 0 unspecified atom stereocenters. The van der Waals surface area contributed by atoms with Crippen LogP contribution in [0.2, 0.25) is 5.02 Å². The van der Waals surface area contributed by atoms with Gasteiger partial charge in [-0.05, 0) is 48.9 Å². The number of halogens is 1. The zero-order valence-corrected chi connectivity index (χ0v) is 15.3. The number of hydrogen-bond acceptors (Lipinski definition) is 2. The topological polar surface area (TPSA) is 50.4 Å². The number of urea groups is 1. The lowest BCUT2D eigenvalue weighted by molar-refractivity contribution is 0.262. The van der Waals surface area contributed by atoms with Crippen LogP contribution in [0.5, 0.6) is 5.75 Å². The largest absolute Gasteiger partial charge is 0.494 e. The number of amides is 2. The summed E-state index contributed by atoms with van der Waals surface area (Å²) in [5.74, 6) is 0.816. The quantitative estimate of drug-likeness (QED) is 0.513. The summed E-state index contributed by atoms with van der Waals surface area (Å²) < 4.78 is 5.71. The second-order valence-electron chi connectivity index (χ2n) is 5.88. The van der Waals surface area contributed by atoms with Gasteiger partial charge < -0.3 is 15.4 Å². The van der Waals surface area contributed by atoms with E-state index >= 15 is 0 Å². The summed E-state index contributed by atoms with van der Waals surface area (Å²) in [5, 5.41) is 6.10. The average Bonchev–Trinajstić information content (AvgIpc) is 2.59. The maximum atomic E-state index is 12.0. The van der Waals surface area contributed by atoms with Crippen LogP contribution in [0.1, 0.15) is 39.0 Å². The summed E-state index contributed by atoms with van der Waals surface area (Å²) in [7, 11) is 0. The fourth-order valence-corrected chi connectivity index (χ4v) is 2.58. The molecule has 0 aliphatic heterocycles. The average molecular weight is 361 g/mol. The molecule has 2 amide bonds. The van der Waals surface area contributed by atoms with Crippen molar-refractivity contribution in [1.29, 1.82) is 0 Å². The van der Waals surface area contributed by atoms with Crippen LogP contribution in [0, 0.1) is 0 Å². The van der Waals surface area contributed by atoms with Crippen LogP contribution in [-0.4, -0.2) is 12.6 Å². The Bertz CT molecular complexity index is 659. The Labute approximate surface area is 154 Å². The van der Waals surface area contributed by atoms with Crippen LogP contribution < -0.4 is 15.4 Å². The van der Waals surface area contributed by atoms with E-state index in [1.165, 1.54) is 25.7 Å². The Morgan fingerprint density at radius 1 is 0.960 bits per heavy atom. The molecule has 25 heavy (non-hydrogen) atoms. The van der Waals surface area contributed by atoms with Gasteiger partial charge in [0.05, 0.1) is 6.61 Å². The molecule has 134 valence electrons. The second kappa shape index (κ2) is 10.6. The van der Waals surface area contributed by atoms with Crippen molar-refractivity contribution < 1.29 is 9.53 Å². The van der Waals surface area contributed by atoms with Gasteiger partial charge in [0.2, 0.25) is 0 Å². The van der Waals surface area contributed by atoms with E-state index in [0.29, 0.717) is 16.4 Å². The van der Waals surface area contributed by atoms with Crippen molar-refractivity contribution >= 4 is 29.0 Å². The highest BCUT2D eigenvalue weighted by atomic mass is 35.5. The minimum atomic E-state index is -0.313. The lowest BCUT2D eigenvalue weighted by Crippen LogP contribution is -2.19. The molecule has 5 heteroatoms. The minimum Gasteiger partial charge on any atom is -0.494 e. The van der Waals surface area contributed by atoms with Crippen molar-refractivity contribution in [3.8, 4) is 5.75 Å². The second-order valence-corrected chi connectivity index (χ2v) is 6.31. The fourth-order valence-electron chi connectivity index (χ4n) is 2.39. The summed E-state index contributed by atoms with van der Waals surface area (Å²) in [6.07, 6.45) is 6.08. The van der Waals surface area contributed by atoms with E-state index in [-0.39, 0.29) is 6.03 Å². The molecular weight excluding hydrogens is 336 g/mol. The molecule has 2 N–H and O–H groups in total. The Hall–Kier alpha value is -2.20. The third kappa shape index (κ3) is 7.48. The molecule has 0 saturated heterocycles. The molecule has 0 radical (unpaired) electrons. The van der Waals surface area contributed by atoms with Gasteiger partial charge in [0, 0.05) is 16.4 Å². The van der Waals surface area contributed by atoms with E-state index in [1.807, 2.05) is 24.3 Å². The number of anilines is 2. The Balaban J connectivity index is 1.73. The Morgan fingerprint density at radius 3 is 2.40 bits per heavy atom. The number of nitrogens with one attached hydrogen (secondary N) is 2. The first-order valence-corrected chi connectivity index (χ1v) is 9.11. The van der Waals surface area contributed by atoms with Gasteiger partial charge in [0.15, 0.2) is 0 Å². The van der Waals surface area contributed by atoms with Gasteiger partial charge in [-0.2, -0.15) is 0 Å². The summed E-state index contributed by atoms with van der Waals surface area (Å²) in [5.41, 5.74) is 1.35. The molecule has 0 heterocycles. The molecule has 0 bridgehead atoms. The van der Waals surface area contributed by atoms with Crippen LogP contribution in [0.25, 0.3) is 0 Å². The normalized spacial score (nSPS) is 10.3. The molecule has 0 aliphatic rings. The SMILES string of the molecule is CCCCCCCOc1ccc(NC(=O)Nc2cccc(Cl)c2)cc1. The molecule has 0 saturated carbocycles. The number of ether oxygens (including phenoxy) is 1. The summed E-state index contributed by atoms with van der Waals surface area (Å²) in [6, 6.07) is 14.1. The molecule has 2 rings (SSSR count). The molecule has 0 spiro atoms. The number of unbranched alkanes of at least 4 members (excludes halogenated alkanes) is 4. The lowest BCUT2D eigenvalue weighted by atomic mass is 10.2. The standard InChI is InChI=1S/C20H25ClN2O2/c1-2-3-4-5-6-14-25-19-12-10-17(11-13-19)22-20(24)23-18-9-7-8-16(21)15-18/h7-13,15H,2-6,14H2,1H3,(H2,22,23,24). The number of rotatable bonds is 9. The number of carbonyl (C=O) groups excluding carboxylic acids is 1. The van der Waals surface area contributed by atoms with Gasteiger partial charge >= 0.3 is 6.03 Å². The van der Waals surface area contributed by atoms with Crippen molar-refractivity contribution in [3.05, 3.63) is 53.6 Å². The van der Waals surface area contributed by atoms with Gasteiger partial charge in [0.25, 0.3) is 0 Å². The van der Waals surface area contributed by atoms with E-state index in [1.54, 1.807) is 24.3 Å². The maximum Gasteiger partial charge on any atom is 0.323 e. The number of hydrogen-bond donors (Lipinski definition) is 2. The van der Waals surface area contributed by atoms with Gasteiger partial charge in [0.1, 0.15) is 5.75 Å². The van der Waals surface area contributed by atoms with Crippen molar-refractivity contribution in [1.82, 2.24) is 0 Å². The molecule has 0 aromatic heterocycles. The Kier molecular flexibility index (Phi) is 8.13. The van der Waals surface area contributed by atoms with Gasteiger partial charge in [-0.25, -0.2) is 4.79 Å². The zero-order valence-electron chi connectivity index (χ0n) is 14.6. The molecule has 2 aromatic carbocycles. The van der Waals surface area contributed by atoms with Crippen LogP contribution in [0.3, 0.4) is 0 Å². The van der Waals surface area contributed by atoms with Crippen molar-refractivity contribution in [2.75, 3.05) is 17.2 Å². The number of benzene rings is 2. The monoisotopic (exact) mass is 360 g/mol. The highest BCUT2D eigenvalue weighted by molar-refractivity contribution is 6.30. The van der Waals surface area contributed by atoms with E-state index in [9.17, 15) is 4.79 Å². The van der Waals surface area contributed by atoms with E-state index in [4.69, 9.17) is 16.3 Å². The summed E-state index contributed by atoms with van der Waals surface area (Å²) in [4.78, 5) is 12.0. The van der Waals surface area contributed by atoms with E-state index in [0.717, 1.165) is 18.8 Å². The van der Waals surface area contributed by atoms with Crippen molar-refractivity contribution in [2.45, 2.75) is 39.0 Å². The van der Waals surface area contributed by atoms with E-state index < -0.39 is 0 Å². The van der Waals surface area contributed by atoms with E-state index in [2.05, 4.69) is 17.6 Å². The first kappa shape index (κ1) is 19.1. The molecule has 0 atom stereocenters. The first-order valence-electron chi connectivity index (χ1n) is 8.74. The fraction of sp³-hybridized carbons (Fsp3) is 0.350. The molecular formula is C20H25ClN2O2. The predicted octanol–water partition coefficient (Wildman–Crippen LogP) is 6.33. The zero-order chi connectivity index (χ0) is 17.9. The maximum absolute atomic E-state index is 12.0. The van der Waals surface area contributed by atoms with Gasteiger partial charge in [-0.3, -0.25) is 0 Å². The number of carbonyl (C=O) groups is 1. The highest BCUT2D eigenvalue weighted by Gasteiger charge is 2.03. The van der Waals surface area contributed by atoms with Crippen LogP contribution in [0.4, 0.5) is 16.2 Å². The molecule has 0 fully saturated rings.